The van der Waals surface area contributed by atoms with Crippen LogP contribution in [0.1, 0.15) is 36.0 Å². The molecule has 1 aromatic heterocycles. The van der Waals surface area contributed by atoms with Gasteiger partial charge in [0.2, 0.25) is 10.0 Å². The van der Waals surface area contributed by atoms with E-state index in [4.69, 9.17) is 11.6 Å². The number of fused-ring (bicyclic) bond motifs is 1. The molecule has 4 aromatic rings. The van der Waals surface area contributed by atoms with Crippen molar-refractivity contribution in [2.24, 2.45) is 0 Å². The molecule has 190 valence electrons. The zero-order valence-corrected chi connectivity index (χ0v) is 21.5. The highest BCUT2D eigenvalue weighted by molar-refractivity contribution is 7.89. The number of rotatable bonds is 6. The molecule has 1 fully saturated rings. The van der Waals surface area contributed by atoms with Crippen LogP contribution in [0.5, 0.6) is 0 Å². The van der Waals surface area contributed by atoms with E-state index >= 15 is 0 Å². The van der Waals surface area contributed by atoms with E-state index in [-0.39, 0.29) is 22.4 Å². The van der Waals surface area contributed by atoms with Crippen molar-refractivity contribution in [2.75, 3.05) is 0 Å². The molecule has 0 saturated heterocycles. The van der Waals surface area contributed by atoms with Gasteiger partial charge in [-0.1, -0.05) is 42.6 Å². The van der Waals surface area contributed by atoms with Gasteiger partial charge in [0.1, 0.15) is 0 Å². The zero-order chi connectivity index (χ0) is 26.0. The Morgan fingerprint density at radius 2 is 1.57 bits per heavy atom. The van der Waals surface area contributed by atoms with Gasteiger partial charge in [-0.3, -0.25) is 14.2 Å². The molecule has 7 nitrogen and oxygen atoms in total. The van der Waals surface area contributed by atoms with E-state index in [0.717, 1.165) is 23.6 Å². The fourth-order valence-electron chi connectivity index (χ4n) is 4.74. The van der Waals surface area contributed by atoms with Gasteiger partial charge in [-0.25, -0.2) is 13.1 Å². The van der Waals surface area contributed by atoms with Crippen molar-refractivity contribution in [1.29, 1.82) is 0 Å². The van der Waals surface area contributed by atoms with E-state index < -0.39 is 16.1 Å². The number of pyridine rings is 1. The SMILES string of the molecule is O=C(NC1CCCCC1NS(=O)(=O)c1ccc2cc(Cl)ccc2c1)c1ccc(-n2ccccc2=O)cc1. The molecule has 5 rings (SSSR count). The van der Waals surface area contributed by atoms with E-state index in [1.807, 2.05) is 0 Å². The molecule has 9 heteroatoms. The summed E-state index contributed by atoms with van der Waals surface area (Å²) >= 11 is 6.04. The van der Waals surface area contributed by atoms with Crippen LogP contribution in [0.25, 0.3) is 16.5 Å². The first-order valence-corrected chi connectivity index (χ1v) is 14.0. The lowest BCUT2D eigenvalue weighted by Gasteiger charge is -2.32. The van der Waals surface area contributed by atoms with Crippen molar-refractivity contribution in [3.63, 3.8) is 0 Å². The number of sulfonamides is 1. The second-order valence-corrected chi connectivity index (χ2v) is 11.4. The number of carbonyl (C=O) groups is 1. The normalized spacial score (nSPS) is 18.0. The Morgan fingerprint density at radius 1 is 0.865 bits per heavy atom. The lowest BCUT2D eigenvalue weighted by atomic mass is 9.91. The predicted molar refractivity (Wildman–Crippen MR) is 145 cm³/mol. The summed E-state index contributed by atoms with van der Waals surface area (Å²) in [6.45, 7) is 0. The lowest BCUT2D eigenvalue weighted by Crippen LogP contribution is -2.53. The van der Waals surface area contributed by atoms with Crippen LogP contribution >= 0.6 is 11.6 Å². The maximum atomic E-state index is 13.2. The number of halogens is 1. The highest BCUT2D eigenvalue weighted by atomic mass is 35.5. The summed E-state index contributed by atoms with van der Waals surface area (Å²) < 4.78 is 30.8. The first kappa shape index (κ1) is 25.2. The maximum absolute atomic E-state index is 13.2. The number of nitrogens with zero attached hydrogens (tertiary/aromatic N) is 1. The third-order valence-corrected chi connectivity index (χ3v) is 8.43. The van der Waals surface area contributed by atoms with E-state index in [1.165, 1.54) is 10.6 Å². The Morgan fingerprint density at radius 3 is 2.32 bits per heavy atom. The van der Waals surface area contributed by atoms with E-state index in [9.17, 15) is 18.0 Å². The Labute approximate surface area is 220 Å². The van der Waals surface area contributed by atoms with E-state index in [0.29, 0.717) is 29.1 Å². The quantitative estimate of drug-likeness (QED) is 0.375. The first-order valence-electron chi connectivity index (χ1n) is 12.1. The smallest absolute Gasteiger partial charge is 0.255 e. The molecule has 2 N–H and O–H groups in total. The minimum Gasteiger partial charge on any atom is -0.348 e. The van der Waals surface area contributed by atoms with Gasteiger partial charge >= 0.3 is 0 Å². The van der Waals surface area contributed by atoms with Crippen LogP contribution in [0, 0.1) is 0 Å². The Bertz CT molecular complexity index is 1620. The van der Waals surface area contributed by atoms with Gasteiger partial charge in [0.05, 0.1) is 4.90 Å². The third kappa shape index (κ3) is 5.61. The number of nitrogens with one attached hydrogen (secondary N) is 2. The summed E-state index contributed by atoms with van der Waals surface area (Å²) in [6.07, 6.45) is 4.74. The van der Waals surface area contributed by atoms with Crippen LogP contribution < -0.4 is 15.6 Å². The molecule has 3 aromatic carbocycles. The predicted octanol–water partition coefficient (Wildman–Crippen LogP) is 4.66. The fourth-order valence-corrected chi connectivity index (χ4v) is 6.27. The van der Waals surface area contributed by atoms with Crippen LogP contribution in [0.2, 0.25) is 5.02 Å². The van der Waals surface area contributed by atoms with Gasteiger partial charge < -0.3 is 5.32 Å². The highest BCUT2D eigenvalue weighted by Crippen LogP contribution is 2.25. The Balaban J connectivity index is 1.30. The van der Waals surface area contributed by atoms with Gasteiger partial charge in [-0.15, -0.1) is 0 Å². The Hall–Kier alpha value is -3.46. The average molecular weight is 536 g/mol. The number of aromatic nitrogens is 1. The molecule has 37 heavy (non-hydrogen) atoms. The second kappa shape index (κ2) is 10.5. The summed E-state index contributed by atoms with van der Waals surface area (Å²) in [4.78, 5) is 25.2. The van der Waals surface area contributed by atoms with Gasteiger partial charge in [0.15, 0.2) is 0 Å². The third-order valence-electron chi connectivity index (χ3n) is 6.70. The molecule has 2 atom stereocenters. The summed E-state index contributed by atoms with van der Waals surface area (Å²) in [7, 11) is -3.80. The monoisotopic (exact) mass is 535 g/mol. The highest BCUT2D eigenvalue weighted by Gasteiger charge is 2.31. The van der Waals surface area contributed by atoms with Gasteiger partial charge in [0.25, 0.3) is 11.5 Å². The van der Waals surface area contributed by atoms with Crippen LogP contribution in [-0.4, -0.2) is 31.0 Å². The molecule has 1 aliphatic rings. The largest absolute Gasteiger partial charge is 0.348 e. The van der Waals surface area contributed by atoms with Crippen molar-refractivity contribution < 1.29 is 13.2 Å². The summed E-state index contributed by atoms with van der Waals surface area (Å²) in [5, 5.41) is 5.24. The van der Waals surface area contributed by atoms with Gasteiger partial charge in [0, 0.05) is 40.6 Å². The molecule has 1 amide bonds. The molecule has 1 heterocycles. The molecule has 2 unspecified atom stereocenters. The van der Waals surface area contributed by atoms with E-state index in [1.54, 1.807) is 79.0 Å². The minimum absolute atomic E-state index is 0.160. The molecule has 1 saturated carbocycles. The van der Waals surface area contributed by atoms with E-state index in [2.05, 4.69) is 10.0 Å². The van der Waals surface area contributed by atoms with Crippen molar-refractivity contribution in [2.45, 2.75) is 42.7 Å². The summed E-state index contributed by atoms with van der Waals surface area (Å²) in [6, 6.07) is 21.1. The minimum atomic E-state index is -3.80. The first-order chi connectivity index (χ1) is 17.8. The van der Waals surface area contributed by atoms with Gasteiger partial charge in [-0.05, 0) is 78.2 Å². The average Bonchev–Trinajstić information content (AvgIpc) is 2.89. The Kier molecular flexibility index (Phi) is 7.15. The fraction of sp³-hybridized carbons (Fsp3) is 0.214. The molecule has 0 spiro atoms. The van der Waals surface area contributed by atoms with Crippen molar-refractivity contribution in [1.82, 2.24) is 14.6 Å². The molecule has 0 radical (unpaired) electrons. The zero-order valence-electron chi connectivity index (χ0n) is 19.9. The summed E-state index contributed by atoms with van der Waals surface area (Å²) in [5.41, 5.74) is 0.934. The van der Waals surface area contributed by atoms with Crippen molar-refractivity contribution in [3.05, 3.63) is 106 Å². The topological polar surface area (TPSA) is 97.3 Å². The van der Waals surface area contributed by atoms with Crippen molar-refractivity contribution >= 4 is 38.3 Å². The van der Waals surface area contributed by atoms with Crippen LogP contribution in [0.3, 0.4) is 0 Å². The number of amides is 1. The molecular weight excluding hydrogens is 510 g/mol. The van der Waals surface area contributed by atoms with Crippen molar-refractivity contribution in [3.8, 4) is 5.69 Å². The molecule has 1 aliphatic carbocycles. The lowest BCUT2D eigenvalue weighted by molar-refractivity contribution is 0.0918. The van der Waals surface area contributed by atoms with Gasteiger partial charge in [-0.2, -0.15) is 0 Å². The molecule has 0 bridgehead atoms. The van der Waals surface area contributed by atoms with Crippen LogP contribution in [0.15, 0.2) is 94.7 Å². The number of hydrogen-bond donors (Lipinski definition) is 2. The van der Waals surface area contributed by atoms with Crippen LogP contribution in [-0.2, 0) is 10.0 Å². The molecule has 0 aliphatic heterocycles. The second-order valence-electron chi connectivity index (χ2n) is 9.20. The number of benzene rings is 3. The molecular formula is C28H26ClN3O4S. The summed E-state index contributed by atoms with van der Waals surface area (Å²) in [5.74, 6) is -0.286. The standard InChI is InChI=1S/C28H26ClN3O4S/c29-22-12-8-21-18-24(15-11-20(21)17-22)37(35,36)31-26-6-2-1-5-25(26)30-28(34)19-9-13-23(14-10-19)32-16-4-3-7-27(32)33/h3-4,7-18,25-26,31H,1-2,5-6H2,(H,30,34). The number of carbonyl (C=O) groups excluding carboxylic acids is 1. The number of hydrogen-bond acceptors (Lipinski definition) is 4. The van der Waals surface area contributed by atoms with Crippen LogP contribution in [0.4, 0.5) is 0 Å². The maximum Gasteiger partial charge on any atom is 0.255 e.